The highest BCUT2D eigenvalue weighted by Gasteiger charge is 2.36. The zero-order valence-electron chi connectivity index (χ0n) is 14.8. The van der Waals surface area contributed by atoms with Crippen LogP contribution >= 0.6 is 0 Å². The van der Waals surface area contributed by atoms with Gasteiger partial charge in [0, 0.05) is 24.4 Å². The van der Waals surface area contributed by atoms with E-state index in [2.05, 4.69) is 0 Å². The maximum absolute atomic E-state index is 13.0. The van der Waals surface area contributed by atoms with Gasteiger partial charge in [-0.1, -0.05) is 30.3 Å². The van der Waals surface area contributed by atoms with Gasteiger partial charge in [-0.25, -0.2) is 4.39 Å². The number of likely N-dealkylation sites (tertiary alicyclic amines) is 1. The Kier molecular flexibility index (Phi) is 5.96. The van der Waals surface area contributed by atoms with E-state index in [1.807, 2.05) is 30.3 Å². The number of carbonyl (C=O) groups is 3. The van der Waals surface area contributed by atoms with Crippen molar-refractivity contribution in [2.45, 2.75) is 38.3 Å². The number of benzene rings is 2. The molecule has 0 aliphatic carbocycles. The molecule has 0 aromatic heterocycles. The fourth-order valence-corrected chi connectivity index (χ4v) is 3.12. The minimum absolute atomic E-state index is 0.123. The molecule has 1 fully saturated rings. The Morgan fingerprint density at radius 1 is 1.07 bits per heavy atom. The van der Waals surface area contributed by atoms with Gasteiger partial charge in [0.05, 0.1) is 0 Å². The number of halogens is 1. The predicted molar refractivity (Wildman–Crippen MR) is 96.1 cm³/mol. The molecule has 1 heterocycles. The van der Waals surface area contributed by atoms with Crippen LogP contribution in [0.2, 0.25) is 0 Å². The van der Waals surface area contributed by atoms with Crippen LogP contribution < -0.4 is 0 Å². The molecule has 0 bridgehead atoms. The Morgan fingerprint density at radius 2 is 1.78 bits per heavy atom. The Hall–Kier alpha value is -3.02. The van der Waals surface area contributed by atoms with Crippen molar-refractivity contribution >= 4 is 17.8 Å². The summed E-state index contributed by atoms with van der Waals surface area (Å²) in [5.41, 5.74) is 1.15. The van der Waals surface area contributed by atoms with Gasteiger partial charge in [0.25, 0.3) is 5.91 Å². The van der Waals surface area contributed by atoms with Crippen LogP contribution in [-0.4, -0.2) is 28.7 Å². The molecule has 0 saturated carbocycles. The fourth-order valence-electron chi connectivity index (χ4n) is 3.12. The average molecular weight is 369 g/mol. The van der Waals surface area contributed by atoms with E-state index in [-0.39, 0.29) is 42.9 Å². The van der Waals surface area contributed by atoms with E-state index in [9.17, 15) is 18.8 Å². The number of hydrogen-bond acceptors (Lipinski definition) is 4. The number of rotatable bonds is 6. The highest BCUT2D eigenvalue weighted by Crippen LogP contribution is 2.25. The van der Waals surface area contributed by atoms with Crippen LogP contribution in [0.5, 0.6) is 0 Å². The van der Waals surface area contributed by atoms with Crippen molar-refractivity contribution in [1.29, 1.82) is 0 Å². The third-order valence-electron chi connectivity index (χ3n) is 4.56. The summed E-state index contributed by atoms with van der Waals surface area (Å²) in [4.78, 5) is 37.9. The standard InChI is InChI=1S/C21H20FNO4/c22-17-8-6-16(7-9-17)21(26)23-18(10-12-19(23)24)11-13-20(25)27-14-15-4-2-1-3-5-15/h1-9,18H,10-14H2. The van der Waals surface area contributed by atoms with Crippen LogP contribution in [0.1, 0.15) is 41.6 Å². The quantitative estimate of drug-likeness (QED) is 0.578. The van der Waals surface area contributed by atoms with E-state index in [0.29, 0.717) is 12.8 Å². The molecule has 140 valence electrons. The van der Waals surface area contributed by atoms with E-state index in [1.165, 1.54) is 29.2 Å². The highest BCUT2D eigenvalue weighted by molar-refractivity contribution is 6.06. The number of imide groups is 1. The summed E-state index contributed by atoms with van der Waals surface area (Å²) in [5, 5.41) is 0. The van der Waals surface area contributed by atoms with Gasteiger partial charge >= 0.3 is 5.97 Å². The van der Waals surface area contributed by atoms with Gasteiger partial charge in [0.15, 0.2) is 0 Å². The second-order valence-electron chi connectivity index (χ2n) is 6.45. The van der Waals surface area contributed by atoms with E-state index in [1.54, 1.807) is 0 Å². The molecule has 27 heavy (non-hydrogen) atoms. The Morgan fingerprint density at radius 3 is 2.48 bits per heavy atom. The summed E-state index contributed by atoms with van der Waals surface area (Å²) >= 11 is 0. The van der Waals surface area contributed by atoms with Gasteiger partial charge in [-0.3, -0.25) is 19.3 Å². The third kappa shape index (κ3) is 4.78. The molecular weight excluding hydrogens is 349 g/mol. The fraction of sp³-hybridized carbons (Fsp3) is 0.286. The van der Waals surface area contributed by atoms with Crippen molar-refractivity contribution in [2.75, 3.05) is 0 Å². The Balaban J connectivity index is 1.55. The molecule has 1 saturated heterocycles. The first kappa shape index (κ1) is 18.8. The van der Waals surface area contributed by atoms with Gasteiger partial charge in [-0.2, -0.15) is 0 Å². The Labute approximate surface area is 156 Å². The first-order chi connectivity index (χ1) is 13.0. The maximum atomic E-state index is 13.0. The molecule has 0 radical (unpaired) electrons. The lowest BCUT2D eigenvalue weighted by atomic mass is 10.1. The van der Waals surface area contributed by atoms with Crippen molar-refractivity contribution in [3.8, 4) is 0 Å². The number of nitrogens with zero attached hydrogens (tertiary/aromatic N) is 1. The van der Waals surface area contributed by atoms with Gasteiger partial charge < -0.3 is 4.74 Å². The topological polar surface area (TPSA) is 63.7 Å². The molecule has 5 nitrogen and oxygen atoms in total. The lowest BCUT2D eigenvalue weighted by Gasteiger charge is -2.22. The predicted octanol–water partition coefficient (Wildman–Crippen LogP) is 3.48. The normalized spacial score (nSPS) is 16.4. The van der Waals surface area contributed by atoms with Crippen LogP contribution in [0.15, 0.2) is 54.6 Å². The van der Waals surface area contributed by atoms with Crippen molar-refractivity contribution in [1.82, 2.24) is 4.90 Å². The van der Waals surface area contributed by atoms with Crippen LogP contribution in [0.4, 0.5) is 4.39 Å². The Bertz CT molecular complexity index is 820. The molecule has 6 heteroatoms. The zero-order chi connectivity index (χ0) is 19.2. The number of esters is 1. The first-order valence-corrected chi connectivity index (χ1v) is 8.86. The largest absolute Gasteiger partial charge is 0.461 e. The molecule has 1 atom stereocenters. The monoisotopic (exact) mass is 369 g/mol. The molecule has 2 amide bonds. The minimum atomic E-state index is -0.458. The second kappa shape index (κ2) is 8.58. The van der Waals surface area contributed by atoms with E-state index < -0.39 is 11.7 Å². The highest BCUT2D eigenvalue weighted by atomic mass is 19.1. The van der Waals surface area contributed by atoms with Gasteiger partial charge in [-0.15, -0.1) is 0 Å². The van der Waals surface area contributed by atoms with E-state index in [4.69, 9.17) is 4.74 Å². The van der Waals surface area contributed by atoms with Crippen molar-refractivity contribution in [3.63, 3.8) is 0 Å². The summed E-state index contributed by atoms with van der Waals surface area (Å²) in [6.45, 7) is 0.196. The third-order valence-corrected chi connectivity index (χ3v) is 4.56. The molecule has 1 aliphatic rings. The van der Waals surface area contributed by atoms with Crippen LogP contribution in [0.25, 0.3) is 0 Å². The number of amides is 2. The lowest BCUT2D eigenvalue weighted by Crippen LogP contribution is -2.39. The summed E-state index contributed by atoms with van der Waals surface area (Å²) in [7, 11) is 0. The molecule has 0 N–H and O–H groups in total. The molecule has 2 aromatic carbocycles. The smallest absolute Gasteiger partial charge is 0.306 e. The van der Waals surface area contributed by atoms with Gasteiger partial charge in [0.1, 0.15) is 12.4 Å². The maximum Gasteiger partial charge on any atom is 0.306 e. The average Bonchev–Trinajstić information content (AvgIpc) is 3.06. The molecule has 3 rings (SSSR count). The SMILES string of the molecule is O=C(CCC1CCC(=O)N1C(=O)c1ccc(F)cc1)OCc1ccccc1. The van der Waals surface area contributed by atoms with Crippen molar-refractivity contribution < 1.29 is 23.5 Å². The zero-order valence-corrected chi connectivity index (χ0v) is 14.8. The summed E-state index contributed by atoms with van der Waals surface area (Å²) in [5.74, 6) is -1.54. The first-order valence-electron chi connectivity index (χ1n) is 8.86. The number of hydrogen-bond donors (Lipinski definition) is 0. The number of carbonyl (C=O) groups excluding carboxylic acids is 3. The number of ether oxygens (including phenoxy) is 1. The van der Waals surface area contributed by atoms with E-state index >= 15 is 0 Å². The van der Waals surface area contributed by atoms with Crippen LogP contribution in [-0.2, 0) is 20.9 Å². The van der Waals surface area contributed by atoms with Crippen LogP contribution in [0, 0.1) is 5.82 Å². The van der Waals surface area contributed by atoms with Gasteiger partial charge in [0.2, 0.25) is 5.91 Å². The summed E-state index contributed by atoms with van der Waals surface area (Å²) in [6.07, 6.45) is 1.25. The summed E-state index contributed by atoms with van der Waals surface area (Å²) < 4.78 is 18.3. The van der Waals surface area contributed by atoms with Gasteiger partial charge in [-0.05, 0) is 42.7 Å². The van der Waals surface area contributed by atoms with Crippen molar-refractivity contribution in [3.05, 3.63) is 71.5 Å². The summed E-state index contributed by atoms with van der Waals surface area (Å²) in [6, 6.07) is 14.1. The second-order valence-corrected chi connectivity index (χ2v) is 6.45. The lowest BCUT2D eigenvalue weighted by molar-refractivity contribution is -0.145. The van der Waals surface area contributed by atoms with Crippen molar-refractivity contribution in [2.24, 2.45) is 0 Å². The van der Waals surface area contributed by atoms with E-state index in [0.717, 1.165) is 5.56 Å². The molecular formula is C21H20FNO4. The van der Waals surface area contributed by atoms with Crippen LogP contribution in [0.3, 0.4) is 0 Å². The molecule has 1 unspecified atom stereocenters. The minimum Gasteiger partial charge on any atom is -0.461 e. The molecule has 2 aromatic rings. The molecule has 0 spiro atoms. The molecule has 1 aliphatic heterocycles.